The van der Waals surface area contributed by atoms with Gasteiger partial charge in [-0.15, -0.1) is 0 Å². The minimum absolute atomic E-state index is 0.329. The Morgan fingerprint density at radius 1 is 1.12 bits per heavy atom. The van der Waals surface area contributed by atoms with Crippen molar-refractivity contribution in [2.24, 2.45) is 0 Å². The molecule has 25 heavy (non-hydrogen) atoms. The number of pyridine rings is 1. The van der Waals surface area contributed by atoms with E-state index in [1.54, 1.807) is 19.2 Å². The summed E-state index contributed by atoms with van der Waals surface area (Å²) in [5.41, 5.74) is 2.13. The highest BCUT2D eigenvalue weighted by molar-refractivity contribution is 5.95. The number of nitrogens with one attached hydrogen (secondary N) is 1. The molecule has 1 N–H and O–H groups in total. The van der Waals surface area contributed by atoms with Gasteiger partial charge < -0.3 is 5.32 Å². The van der Waals surface area contributed by atoms with Crippen molar-refractivity contribution in [1.29, 1.82) is 0 Å². The van der Waals surface area contributed by atoms with Gasteiger partial charge in [-0.05, 0) is 36.8 Å². The van der Waals surface area contributed by atoms with E-state index in [1.165, 1.54) is 12.1 Å². The van der Waals surface area contributed by atoms with E-state index in [-0.39, 0.29) is 5.91 Å². The molecule has 0 fully saturated rings. The van der Waals surface area contributed by atoms with E-state index in [0.29, 0.717) is 5.56 Å². The van der Waals surface area contributed by atoms with Crippen molar-refractivity contribution in [3.63, 3.8) is 0 Å². The van der Waals surface area contributed by atoms with Gasteiger partial charge in [0.25, 0.3) is 0 Å². The van der Waals surface area contributed by atoms with Gasteiger partial charge in [-0.25, -0.2) is 8.78 Å². The summed E-state index contributed by atoms with van der Waals surface area (Å²) in [7, 11) is 0. The maximum Gasteiger partial charge on any atom is 0.244 e. The van der Waals surface area contributed by atoms with Crippen LogP contribution in [0.2, 0.25) is 0 Å². The third-order valence-electron chi connectivity index (χ3n) is 3.88. The van der Waals surface area contributed by atoms with E-state index in [4.69, 9.17) is 0 Å². The molecule has 0 aliphatic carbocycles. The molecule has 0 bridgehead atoms. The number of hydrogen-bond donors (Lipinski definition) is 1. The summed E-state index contributed by atoms with van der Waals surface area (Å²) >= 11 is 0. The lowest BCUT2D eigenvalue weighted by Gasteiger charge is -2.13. The Morgan fingerprint density at radius 2 is 1.92 bits per heavy atom. The van der Waals surface area contributed by atoms with Crippen LogP contribution in [-0.2, 0) is 4.79 Å². The van der Waals surface area contributed by atoms with Crippen LogP contribution in [0, 0.1) is 11.6 Å². The molecule has 126 valence electrons. The minimum atomic E-state index is -0.934. The van der Waals surface area contributed by atoms with Crippen molar-refractivity contribution in [2.45, 2.75) is 13.0 Å². The summed E-state index contributed by atoms with van der Waals surface area (Å²) in [6.45, 7) is 1.71. The monoisotopic (exact) mass is 338 g/mol. The van der Waals surface area contributed by atoms with E-state index in [9.17, 15) is 13.6 Å². The van der Waals surface area contributed by atoms with Gasteiger partial charge in [0.2, 0.25) is 5.91 Å². The van der Waals surface area contributed by atoms with Gasteiger partial charge in [0.05, 0.1) is 11.6 Å². The Morgan fingerprint density at radius 3 is 2.72 bits per heavy atom. The second-order valence-electron chi connectivity index (χ2n) is 5.66. The van der Waals surface area contributed by atoms with E-state index in [0.717, 1.165) is 28.6 Å². The molecule has 1 unspecified atom stereocenters. The number of halogens is 2. The third-order valence-corrected chi connectivity index (χ3v) is 3.88. The Bertz CT molecular complexity index is 948. The van der Waals surface area contributed by atoms with Gasteiger partial charge >= 0.3 is 0 Å². The van der Waals surface area contributed by atoms with E-state index in [1.807, 2.05) is 30.3 Å². The summed E-state index contributed by atoms with van der Waals surface area (Å²) in [6.07, 6.45) is 4.79. The average molecular weight is 338 g/mol. The average Bonchev–Trinajstić information content (AvgIpc) is 2.62. The Balaban J connectivity index is 1.73. The Labute approximate surface area is 144 Å². The van der Waals surface area contributed by atoms with E-state index in [2.05, 4.69) is 10.3 Å². The van der Waals surface area contributed by atoms with Crippen LogP contribution in [0.15, 0.2) is 60.8 Å². The van der Waals surface area contributed by atoms with Crippen molar-refractivity contribution in [1.82, 2.24) is 10.3 Å². The second-order valence-corrected chi connectivity index (χ2v) is 5.66. The van der Waals surface area contributed by atoms with Gasteiger partial charge in [-0.3, -0.25) is 9.78 Å². The van der Waals surface area contributed by atoms with Crippen LogP contribution in [0.4, 0.5) is 8.78 Å². The van der Waals surface area contributed by atoms with Crippen LogP contribution < -0.4 is 5.32 Å². The van der Waals surface area contributed by atoms with Gasteiger partial charge in [-0.2, -0.15) is 0 Å². The predicted octanol–water partition coefficient (Wildman–Crippen LogP) is 4.40. The highest BCUT2D eigenvalue weighted by Gasteiger charge is 2.10. The van der Waals surface area contributed by atoms with Crippen LogP contribution >= 0.6 is 0 Å². The molecule has 3 aromatic rings. The molecule has 0 aliphatic rings. The zero-order valence-corrected chi connectivity index (χ0v) is 13.5. The Hall–Kier alpha value is -3.08. The number of rotatable bonds is 4. The number of hydrogen-bond acceptors (Lipinski definition) is 2. The molecule has 0 saturated carbocycles. The van der Waals surface area contributed by atoms with Gasteiger partial charge in [0, 0.05) is 23.2 Å². The van der Waals surface area contributed by atoms with Crippen molar-refractivity contribution < 1.29 is 13.6 Å². The van der Waals surface area contributed by atoms with Crippen molar-refractivity contribution in [3.05, 3.63) is 83.6 Å². The van der Waals surface area contributed by atoms with E-state index >= 15 is 0 Å². The number of aromatic nitrogens is 1. The van der Waals surface area contributed by atoms with Gasteiger partial charge in [-0.1, -0.05) is 30.3 Å². The fourth-order valence-electron chi connectivity index (χ4n) is 2.55. The lowest BCUT2D eigenvalue weighted by Crippen LogP contribution is -2.24. The topological polar surface area (TPSA) is 42.0 Å². The summed E-state index contributed by atoms with van der Waals surface area (Å²) < 4.78 is 26.3. The normalized spacial score (nSPS) is 12.4. The highest BCUT2D eigenvalue weighted by Crippen LogP contribution is 2.18. The molecule has 0 saturated heterocycles. The SMILES string of the molecule is CC(NC(=O)/C=C/c1cccc2cccnc12)c1ccc(F)c(F)c1. The number of carbonyl (C=O) groups is 1. The number of amides is 1. The minimum Gasteiger partial charge on any atom is -0.346 e. The quantitative estimate of drug-likeness (QED) is 0.716. The first-order chi connectivity index (χ1) is 12.0. The molecule has 0 spiro atoms. The number of carbonyl (C=O) groups excluding carboxylic acids is 1. The van der Waals surface area contributed by atoms with Crippen LogP contribution in [0.25, 0.3) is 17.0 Å². The lowest BCUT2D eigenvalue weighted by atomic mass is 10.1. The number of fused-ring (bicyclic) bond motifs is 1. The molecular formula is C20H16F2N2O. The summed E-state index contributed by atoms with van der Waals surface area (Å²) in [6, 6.07) is 12.6. The smallest absolute Gasteiger partial charge is 0.244 e. The van der Waals surface area contributed by atoms with Gasteiger partial charge in [0.15, 0.2) is 11.6 Å². The third kappa shape index (κ3) is 3.88. The maximum atomic E-state index is 13.3. The fraction of sp³-hybridized carbons (Fsp3) is 0.100. The highest BCUT2D eigenvalue weighted by atomic mass is 19.2. The summed E-state index contributed by atoms with van der Waals surface area (Å²) in [5, 5.41) is 3.71. The number of nitrogens with zero attached hydrogens (tertiary/aromatic N) is 1. The molecular weight excluding hydrogens is 322 g/mol. The maximum absolute atomic E-state index is 13.3. The molecule has 5 heteroatoms. The molecule has 1 heterocycles. The van der Waals surface area contributed by atoms with Crippen LogP contribution in [0.1, 0.15) is 24.1 Å². The summed E-state index contributed by atoms with van der Waals surface area (Å²) in [4.78, 5) is 16.4. The van der Waals surface area contributed by atoms with Crippen LogP contribution in [-0.4, -0.2) is 10.9 Å². The molecule has 3 nitrogen and oxygen atoms in total. The largest absolute Gasteiger partial charge is 0.346 e. The van der Waals surface area contributed by atoms with Crippen molar-refractivity contribution >= 4 is 22.9 Å². The fourth-order valence-corrected chi connectivity index (χ4v) is 2.55. The molecule has 1 aromatic heterocycles. The first-order valence-electron chi connectivity index (χ1n) is 7.82. The molecule has 0 aliphatic heterocycles. The predicted molar refractivity (Wildman–Crippen MR) is 93.7 cm³/mol. The molecule has 0 radical (unpaired) electrons. The summed E-state index contributed by atoms with van der Waals surface area (Å²) in [5.74, 6) is -2.17. The van der Waals surface area contributed by atoms with Crippen LogP contribution in [0.5, 0.6) is 0 Å². The zero-order valence-electron chi connectivity index (χ0n) is 13.5. The van der Waals surface area contributed by atoms with E-state index < -0.39 is 17.7 Å². The zero-order chi connectivity index (χ0) is 17.8. The first kappa shape index (κ1) is 16.8. The number of para-hydroxylation sites is 1. The van der Waals surface area contributed by atoms with Crippen molar-refractivity contribution in [3.8, 4) is 0 Å². The lowest BCUT2D eigenvalue weighted by molar-refractivity contribution is -0.117. The molecule has 3 rings (SSSR count). The first-order valence-corrected chi connectivity index (χ1v) is 7.82. The van der Waals surface area contributed by atoms with Crippen molar-refractivity contribution in [2.75, 3.05) is 0 Å². The van der Waals surface area contributed by atoms with Crippen LogP contribution in [0.3, 0.4) is 0 Å². The Kier molecular flexibility index (Phi) is 4.84. The second kappa shape index (κ2) is 7.21. The standard InChI is InChI=1S/C20H16F2N2O/c1-13(16-7-9-17(21)18(22)12-16)24-19(25)10-8-15-5-2-4-14-6-3-11-23-20(14)15/h2-13H,1H3,(H,24,25)/b10-8+. The molecule has 1 atom stereocenters. The van der Waals surface area contributed by atoms with Gasteiger partial charge in [0.1, 0.15) is 0 Å². The molecule has 1 amide bonds. The number of benzene rings is 2. The molecule has 2 aromatic carbocycles.